The van der Waals surface area contributed by atoms with Crippen molar-refractivity contribution in [2.45, 2.75) is 44.8 Å². The summed E-state index contributed by atoms with van der Waals surface area (Å²) in [6, 6.07) is -0.702. The number of ether oxygens (including phenoxy) is 1. The number of carbonyl (C=O) groups excluding carboxylic acids is 2. The Kier molecular flexibility index (Phi) is 4.98. The van der Waals surface area contributed by atoms with Gasteiger partial charge in [0, 0.05) is 12.6 Å². The van der Waals surface area contributed by atoms with Crippen molar-refractivity contribution in [2.24, 2.45) is 0 Å². The van der Waals surface area contributed by atoms with Crippen molar-refractivity contribution in [3.05, 3.63) is 0 Å². The van der Waals surface area contributed by atoms with E-state index in [9.17, 15) is 22.8 Å². The van der Waals surface area contributed by atoms with Crippen molar-refractivity contribution >= 4 is 11.9 Å². The van der Waals surface area contributed by atoms with Gasteiger partial charge in [-0.25, -0.2) is 0 Å². The maximum absolute atomic E-state index is 12.4. The van der Waals surface area contributed by atoms with Crippen molar-refractivity contribution in [2.75, 3.05) is 13.2 Å². The van der Waals surface area contributed by atoms with Gasteiger partial charge in [0.15, 0.2) is 0 Å². The monoisotopic (exact) mass is 267 g/mol. The highest BCUT2D eigenvalue weighted by Crippen LogP contribution is 2.26. The van der Waals surface area contributed by atoms with Crippen LogP contribution in [0.15, 0.2) is 0 Å². The number of likely N-dealkylation sites (tertiary alicyclic amines) is 1. The van der Waals surface area contributed by atoms with Gasteiger partial charge >= 0.3 is 18.1 Å². The van der Waals surface area contributed by atoms with E-state index < -0.39 is 24.1 Å². The zero-order chi connectivity index (χ0) is 13.8. The third kappa shape index (κ3) is 3.89. The van der Waals surface area contributed by atoms with E-state index in [1.54, 1.807) is 6.92 Å². The Hall–Kier alpha value is -1.27. The minimum absolute atomic E-state index is 0.0441. The molecule has 104 valence electrons. The van der Waals surface area contributed by atoms with Crippen LogP contribution in [0.4, 0.5) is 13.2 Å². The molecular weight excluding hydrogens is 251 g/mol. The highest BCUT2D eigenvalue weighted by atomic mass is 19.4. The molecule has 7 heteroatoms. The zero-order valence-corrected chi connectivity index (χ0v) is 10.1. The summed E-state index contributed by atoms with van der Waals surface area (Å²) in [6.45, 7) is 1.85. The normalized spacial score (nSPS) is 20.7. The summed E-state index contributed by atoms with van der Waals surface area (Å²) in [7, 11) is 0. The predicted octanol–water partition coefficient (Wildman–Crippen LogP) is 1.88. The van der Waals surface area contributed by atoms with Crippen LogP contribution in [0.2, 0.25) is 0 Å². The van der Waals surface area contributed by atoms with Gasteiger partial charge in [-0.05, 0) is 26.2 Å². The second-order valence-corrected chi connectivity index (χ2v) is 4.16. The molecule has 1 aliphatic heterocycles. The average Bonchev–Trinajstić information content (AvgIpc) is 2.28. The molecule has 4 nitrogen and oxygen atoms in total. The van der Waals surface area contributed by atoms with Crippen LogP contribution in [-0.4, -0.2) is 42.1 Å². The third-order valence-electron chi connectivity index (χ3n) is 2.84. The minimum atomic E-state index is -4.88. The van der Waals surface area contributed by atoms with Crippen LogP contribution in [0, 0.1) is 0 Å². The van der Waals surface area contributed by atoms with E-state index in [-0.39, 0.29) is 19.6 Å². The molecule has 1 amide bonds. The smallest absolute Gasteiger partial charge is 0.466 e. The Morgan fingerprint density at radius 3 is 2.56 bits per heavy atom. The molecule has 0 aliphatic carbocycles. The van der Waals surface area contributed by atoms with Crippen molar-refractivity contribution in [1.29, 1.82) is 0 Å². The lowest BCUT2D eigenvalue weighted by atomic mass is 9.99. The summed E-state index contributed by atoms with van der Waals surface area (Å²) in [4.78, 5) is 23.3. The molecule has 0 aromatic carbocycles. The Morgan fingerprint density at radius 1 is 1.33 bits per heavy atom. The third-order valence-corrected chi connectivity index (χ3v) is 2.84. The number of esters is 1. The number of halogens is 3. The van der Waals surface area contributed by atoms with Crippen LogP contribution in [0.25, 0.3) is 0 Å². The molecule has 0 spiro atoms. The molecule has 1 fully saturated rings. The van der Waals surface area contributed by atoms with Crippen molar-refractivity contribution in [1.82, 2.24) is 4.90 Å². The van der Waals surface area contributed by atoms with Crippen LogP contribution in [0.1, 0.15) is 32.6 Å². The fraction of sp³-hybridized carbons (Fsp3) is 0.818. The summed E-state index contributed by atoms with van der Waals surface area (Å²) in [5.74, 6) is -2.43. The highest BCUT2D eigenvalue weighted by molar-refractivity contribution is 5.83. The van der Waals surface area contributed by atoms with E-state index in [0.717, 1.165) is 4.90 Å². The molecule has 0 saturated carbocycles. The number of hydrogen-bond acceptors (Lipinski definition) is 3. The quantitative estimate of drug-likeness (QED) is 0.733. The first-order valence-electron chi connectivity index (χ1n) is 5.89. The lowest BCUT2D eigenvalue weighted by Gasteiger charge is -2.35. The fourth-order valence-corrected chi connectivity index (χ4v) is 2.06. The number of piperidine rings is 1. The standard InChI is InChI=1S/C11H16F3NO3/c1-2-18-9(16)7-8-5-3-4-6-15(8)10(17)11(12,13)14/h8H,2-7H2,1H3. The first-order valence-corrected chi connectivity index (χ1v) is 5.89. The van der Waals surface area contributed by atoms with Crippen molar-refractivity contribution < 1.29 is 27.5 Å². The molecule has 1 unspecified atom stereocenters. The van der Waals surface area contributed by atoms with Crippen LogP contribution in [-0.2, 0) is 14.3 Å². The largest absolute Gasteiger partial charge is 0.471 e. The highest BCUT2D eigenvalue weighted by Gasteiger charge is 2.45. The van der Waals surface area contributed by atoms with E-state index in [0.29, 0.717) is 19.3 Å². The summed E-state index contributed by atoms with van der Waals surface area (Å²) in [6.07, 6.45) is -3.41. The van der Waals surface area contributed by atoms with Gasteiger partial charge in [0.25, 0.3) is 0 Å². The summed E-state index contributed by atoms with van der Waals surface area (Å²) >= 11 is 0. The number of hydrogen-bond donors (Lipinski definition) is 0. The summed E-state index contributed by atoms with van der Waals surface area (Å²) in [5.41, 5.74) is 0. The Bertz CT molecular complexity index is 317. The van der Waals surface area contributed by atoms with E-state index >= 15 is 0 Å². The molecule has 1 atom stereocenters. The van der Waals surface area contributed by atoms with Crippen molar-refractivity contribution in [3.8, 4) is 0 Å². The Morgan fingerprint density at radius 2 is 2.00 bits per heavy atom. The molecule has 1 saturated heterocycles. The summed E-state index contributed by atoms with van der Waals surface area (Å²) in [5, 5.41) is 0. The molecule has 0 aromatic rings. The molecule has 1 aliphatic rings. The Labute approximate surface area is 103 Å². The summed E-state index contributed by atoms with van der Waals surface area (Å²) < 4.78 is 41.9. The van der Waals surface area contributed by atoms with Gasteiger partial charge in [-0.2, -0.15) is 13.2 Å². The predicted molar refractivity (Wildman–Crippen MR) is 56.7 cm³/mol. The Balaban J connectivity index is 2.68. The van der Waals surface area contributed by atoms with Crippen LogP contribution in [0.3, 0.4) is 0 Å². The van der Waals surface area contributed by atoms with Gasteiger partial charge in [0.1, 0.15) is 0 Å². The molecule has 0 N–H and O–H groups in total. The van der Waals surface area contributed by atoms with Gasteiger partial charge in [0.2, 0.25) is 0 Å². The van der Waals surface area contributed by atoms with Crippen LogP contribution in [0.5, 0.6) is 0 Å². The maximum atomic E-state index is 12.4. The second kappa shape index (κ2) is 6.06. The van der Waals surface area contributed by atoms with E-state index in [1.807, 2.05) is 0 Å². The fourth-order valence-electron chi connectivity index (χ4n) is 2.06. The first kappa shape index (κ1) is 14.8. The van der Waals surface area contributed by atoms with Gasteiger partial charge in [0.05, 0.1) is 13.0 Å². The van der Waals surface area contributed by atoms with Crippen LogP contribution < -0.4 is 0 Å². The number of nitrogens with zero attached hydrogens (tertiary/aromatic N) is 1. The maximum Gasteiger partial charge on any atom is 0.471 e. The zero-order valence-electron chi connectivity index (χ0n) is 10.1. The van der Waals surface area contributed by atoms with Gasteiger partial charge in [-0.1, -0.05) is 0 Å². The number of amides is 1. The van der Waals surface area contributed by atoms with E-state index in [4.69, 9.17) is 4.74 Å². The average molecular weight is 267 g/mol. The topological polar surface area (TPSA) is 46.6 Å². The molecule has 1 heterocycles. The number of rotatable bonds is 3. The SMILES string of the molecule is CCOC(=O)CC1CCCCN1C(=O)C(F)(F)F. The molecule has 0 aromatic heterocycles. The first-order chi connectivity index (χ1) is 8.36. The van der Waals surface area contributed by atoms with Gasteiger partial charge in [-0.3, -0.25) is 9.59 Å². The lowest BCUT2D eigenvalue weighted by molar-refractivity contribution is -0.189. The van der Waals surface area contributed by atoms with E-state index in [2.05, 4.69) is 0 Å². The number of carbonyl (C=O) groups is 2. The molecule has 0 radical (unpaired) electrons. The van der Waals surface area contributed by atoms with Gasteiger partial charge in [-0.15, -0.1) is 0 Å². The molecule has 1 rings (SSSR count). The van der Waals surface area contributed by atoms with E-state index in [1.165, 1.54) is 0 Å². The molecular formula is C11H16F3NO3. The second-order valence-electron chi connectivity index (χ2n) is 4.16. The van der Waals surface area contributed by atoms with Crippen molar-refractivity contribution in [3.63, 3.8) is 0 Å². The molecule has 0 bridgehead atoms. The van der Waals surface area contributed by atoms with Gasteiger partial charge < -0.3 is 9.64 Å². The molecule has 18 heavy (non-hydrogen) atoms. The van der Waals surface area contributed by atoms with Crippen LogP contribution >= 0.6 is 0 Å². The number of alkyl halides is 3. The minimum Gasteiger partial charge on any atom is -0.466 e. The lowest BCUT2D eigenvalue weighted by Crippen LogP contribution is -2.50.